The van der Waals surface area contributed by atoms with E-state index >= 15 is 0 Å². The van der Waals surface area contributed by atoms with E-state index < -0.39 is 134 Å². The average molecular weight is 913 g/mol. The molecule has 4 aliphatic heterocycles. The molecule has 27 atom stereocenters. The number of allylic oxidation sites excluding steroid dienone is 1. The minimum atomic E-state index is -1.79. The summed E-state index contributed by atoms with van der Waals surface area (Å²) in [5, 5.41) is 109. The molecule has 9 rings (SSSR count). The first-order chi connectivity index (χ1) is 29.9. The van der Waals surface area contributed by atoms with Crippen LogP contribution in [0.25, 0.3) is 0 Å². The summed E-state index contributed by atoms with van der Waals surface area (Å²) in [5.74, 6) is 0.620. The zero-order chi connectivity index (χ0) is 46.4. The fourth-order valence-corrected chi connectivity index (χ4v) is 15.8. The summed E-state index contributed by atoms with van der Waals surface area (Å²) in [6.07, 6.45) is -13.6. The molecule has 0 radical (unpaired) electrons. The molecule has 4 saturated carbocycles. The Hall–Kier alpha value is -0.940. The van der Waals surface area contributed by atoms with Crippen LogP contribution in [-0.2, 0) is 33.2 Å². The van der Waals surface area contributed by atoms with Crippen LogP contribution in [0.1, 0.15) is 93.9 Å². The maximum atomic E-state index is 12.3. The van der Waals surface area contributed by atoms with Gasteiger partial charge in [0.15, 0.2) is 18.9 Å². The van der Waals surface area contributed by atoms with Crippen molar-refractivity contribution < 1.29 is 84.2 Å². The second kappa shape index (κ2) is 16.3. The van der Waals surface area contributed by atoms with Crippen LogP contribution in [0, 0.1) is 56.7 Å². The van der Waals surface area contributed by atoms with Crippen LogP contribution in [-0.4, -0.2) is 181 Å². The molecular weight excluding hydrogens is 837 g/mol. The summed E-state index contributed by atoms with van der Waals surface area (Å²) in [6.45, 7) is 16.9. The molecule has 1 spiro atoms. The number of hydrogen-bond acceptors (Lipinski definition) is 17. The van der Waals surface area contributed by atoms with Crippen LogP contribution < -0.4 is 0 Å². The van der Waals surface area contributed by atoms with Crippen LogP contribution in [0.3, 0.4) is 0 Å². The highest BCUT2D eigenvalue weighted by Crippen LogP contribution is 2.79. The van der Waals surface area contributed by atoms with Crippen molar-refractivity contribution in [2.45, 2.75) is 204 Å². The lowest BCUT2D eigenvalue weighted by Gasteiger charge is -2.73. The topological polar surface area (TPSA) is 267 Å². The van der Waals surface area contributed by atoms with Gasteiger partial charge in [0.05, 0.1) is 49.8 Å². The minimum Gasteiger partial charge on any atom is -0.394 e. The normalized spacial score (nSPS) is 60.2. The molecule has 0 aromatic rings. The molecule has 4 saturated heterocycles. The molecule has 10 N–H and O–H groups in total. The van der Waals surface area contributed by atoms with Crippen molar-refractivity contribution >= 4 is 0 Å². The maximum absolute atomic E-state index is 12.3. The molecule has 5 aliphatic carbocycles. The molecule has 0 aromatic carbocycles. The van der Waals surface area contributed by atoms with Gasteiger partial charge in [-0.25, -0.2) is 0 Å². The largest absolute Gasteiger partial charge is 0.394 e. The molecular formula is C47H76O17. The first-order valence-corrected chi connectivity index (χ1v) is 23.9. The number of fused-ring (bicyclic) bond motifs is 4. The van der Waals surface area contributed by atoms with Crippen molar-refractivity contribution in [1.82, 2.24) is 0 Å². The van der Waals surface area contributed by atoms with Crippen LogP contribution >= 0.6 is 0 Å². The first-order valence-electron chi connectivity index (χ1n) is 23.9. The third-order valence-corrected chi connectivity index (χ3v) is 19.9. The highest BCUT2D eigenvalue weighted by molar-refractivity contribution is 5.36. The fraction of sp³-hybridized carbons (Fsp3) is 0.957. The third-order valence-electron chi connectivity index (χ3n) is 19.9. The lowest BCUT2D eigenvalue weighted by molar-refractivity contribution is -0.393. The highest BCUT2D eigenvalue weighted by Gasteiger charge is 2.80. The van der Waals surface area contributed by atoms with E-state index in [0.717, 1.165) is 19.3 Å². The molecule has 8 fully saturated rings. The summed E-state index contributed by atoms with van der Waals surface area (Å²) in [5.41, 5.74) is -2.31. The Bertz CT molecular complexity index is 1750. The van der Waals surface area contributed by atoms with E-state index in [2.05, 4.69) is 60.6 Å². The van der Waals surface area contributed by atoms with Gasteiger partial charge in [-0.05, 0) is 85.4 Å². The second-order valence-corrected chi connectivity index (χ2v) is 23.0. The van der Waals surface area contributed by atoms with E-state index in [1.54, 1.807) is 6.92 Å². The summed E-state index contributed by atoms with van der Waals surface area (Å²) >= 11 is 0. The van der Waals surface area contributed by atoms with Crippen molar-refractivity contribution in [1.29, 1.82) is 0 Å². The van der Waals surface area contributed by atoms with Gasteiger partial charge < -0.3 is 84.2 Å². The molecule has 0 amide bonds. The Morgan fingerprint density at radius 3 is 2.02 bits per heavy atom. The van der Waals surface area contributed by atoms with E-state index in [0.29, 0.717) is 25.9 Å². The van der Waals surface area contributed by atoms with Gasteiger partial charge in [0.1, 0.15) is 61.0 Å². The molecule has 4 heterocycles. The van der Waals surface area contributed by atoms with E-state index in [1.807, 2.05) is 0 Å². The fourth-order valence-electron chi connectivity index (χ4n) is 15.8. The first kappa shape index (κ1) is 48.1. The molecule has 64 heavy (non-hydrogen) atoms. The Morgan fingerprint density at radius 1 is 0.672 bits per heavy atom. The summed E-state index contributed by atoms with van der Waals surface area (Å²) in [6, 6.07) is 0. The van der Waals surface area contributed by atoms with Crippen LogP contribution in [0.15, 0.2) is 12.2 Å². The maximum Gasteiger partial charge on any atom is 0.187 e. The molecule has 17 heteroatoms. The predicted octanol–water partition coefficient (Wildman–Crippen LogP) is 0.0945. The molecule has 17 nitrogen and oxygen atoms in total. The number of aliphatic hydroxyl groups is 10. The Kier molecular flexibility index (Phi) is 12.3. The van der Waals surface area contributed by atoms with Crippen molar-refractivity contribution in [3.8, 4) is 0 Å². The van der Waals surface area contributed by atoms with Crippen molar-refractivity contribution in [2.75, 3.05) is 19.8 Å². The highest BCUT2D eigenvalue weighted by atomic mass is 16.8. The molecule has 366 valence electrons. The zero-order valence-corrected chi connectivity index (χ0v) is 38.6. The van der Waals surface area contributed by atoms with Gasteiger partial charge in [-0.1, -0.05) is 60.6 Å². The van der Waals surface area contributed by atoms with E-state index in [9.17, 15) is 51.1 Å². The number of hydrogen-bond donors (Lipinski definition) is 10. The van der Waals surface area contributed by atoms with Gasteiger partial charge >= 0.3 is 0 Å². The third kappa shape index (κ3) is 6.57. The predicted molar refractivity (Wildman–Crippen MR) is 223 cm³/mol. The van der Waals surface area contributed by atoms with Gasteiger partial charge in [0.2, 0.25) is 0 Å². The Morgan fingerprint density at radius 2 is 1.33 bits per heavy atom. The lowest BCUT2D eigenvalue weighted by Crippen LogP contribution is -2.73. The monoisotopic (exact) mass is 913 g/mol. The van der Waals surface area contributed by atoms with E-state index in [1.165, 1.54) is 0 Å². The van der Waals surface area contributed by atoms with Crippen molar-refractivity contribution in [2.24, 2.45) is 56.7 Å². The van der Waals surface area contributed by atoms with Crippen LogP contribution in [0.4, 0.5) is 0 Å². The molecule has 27 unspecified atom stereocenters. The molecule has 9 aliphatic rings. The minimum absolute atomic E-state index is 0.0759. The number of rotatable bonds is 7. The van der Waals surface area contributed by atoms with Gasteiger partial charge in [0, 0.05) is 16.7 Å². The zero-order valence-electron chi connectivity index (χ0n) is 38.6. The number of ether oxygens (including phenoxy) is 7. The standard InChI is InChI=1S/C47H76O17/c1-20-21(2)38-46(15-23(20)49)19-59-47(38)14-10-27-43(6)12-11-29(42(4,5)26(43)9-13-44(27,7)45(47,8)16-28(46)51)62-40-36(33(55)30(52)22(3)60-40)64-41-37(34(56)32(54)25(17-48)61-41)63-39-35(57)31(53)24(50)18-58-39/h10,14,20-41,48-57H,9,11-13,15-19H2,1-8H3. The molecule has 0 aromatic heterocycles. The van der Waals surface area contributed by atoms with Crippen molar-refractivity contribution in [3.63, 3.8) is 0 Å². The Labute approximate surface area is 376 Å². The quantitative estimate of drug-likeness (QED) is 0.120. The van der Waals surface area contributed by atoms with Crippen LogP contribution in [0.5, 0.6) is 0 Å². The number of aliphatic hydroxyl groups excluding tert-OH is 10. The lowest BCUT2D eigenvalue weighted by atomic mass is 9.31. The van der Waals surface area contributed by atoms with Gasteiger partial charge in [-0.3, -0.25) is 0 Å². The van der Waals surface area contributed by atoms with Gasteiger partial charge in [0.25, 0.3) is 0 Å². The van der Waals surface area contributed by atoms with Crippen LogP contribution in [0.2, 0.25) is 0 Å². The second-order valence-electron chi connectivity index (χ2n) is 23.0. The molecule has 2 bridgehead atoms. The average Bonchev–Trinajstić information content (AvgIpc) is 3.54. The van der Waals surface area contributed by atoms with Gasteiger partial charge in [-0.15, -0.1) is 0 Å². The smallest absolute Gasteiger partial charge is 0.187 e. The SMILES string of the molecule is CC1OC(OC2CCC3(C)C(CCC4(C)C3C=CC35OCC6(CC(O)C(C)C(C)C63)C(O)CC45C)C2(C)C)C(OC2OC(CO)C(O)C(O)C2OC2OCC(O)C(O)C2O)C(O)C1O. The summed E-state index contributed by atoms with van der Waals surface area (Å²) in [7, 11) is 0. The summed E-state index contributed by atoms with van der Waals surface area (Å²) < 4.78 is 43.9. The van der Waals surface area contributed by atoms with Gasteiger partial charge in [-0.2, -0.15) is 0 Å². The van der Waals surface area contributed by atoms with Crippen molar-refractivity contribution in [3.05, 3.63) is 12.2 Å². The Balaban J connectivity index is 0.979. The summed E-state index contributed by atoms with van der Waals surface area (Å²) in [4.78, 5) is 0. The van der Waals surface area contributed by atoms with E-state index in [-0.39, 0.29) is 45.8 Å². The van der Waals surface area contributed by atoms with E-state index in [4.69, 9.17) is 33.2 Å².